The summed E-state index contributed by atoms with van der Waals surface area (Å²) in [6.07, 6.45) is 3.46. The minimum atomic E-state index is 0.0399. The van der Waals surface area contributed by atoms with E-state index in [9.17, 15) is 5.21 Å². The number of hydroxylamine groups is 2. The van der Waals surface area contributed by atoms with Crippen LogP contribution in [0.25, 0.3) is 11.0 Å². The van der Waals surface area contributed by atoms with Crippen LogP contribution in [0.4, 0.5) is 0 Å². The fourth-order valence-corrected chi connectivity index (χ4v) is 2.37. The SMILES string of the molecule is CN(O)C(=N)c1nc2ccccc2n1C1CCC1. The minimum absolute atomic E-state index is 0.0399. The molecule has 94 valence electrons. The molecule has 2 N–H and O–H groups in total. The van der Waals surface area contributed by atoms with Crippen molar-refractivity contribution in [2.45, 2.75) is 25.3 Å². The lowest BCUT2D eigenvalue weighted by Crippen LogP contribution is -2.29. The fourth-order valence-electron chi connectivity index (χ4n) is 2.37. The van der Waals surface area contributed by atoms with Gasteiger partial charge in [-0.3, -0.25) is 10.6 Å². The molecule has 1 aromatic heterocycles. The maximum atomic E-state index is 9.45. The molecule has 0 bridgehead atoms. The molecule has 1 fully saturated rings. The van der Waals surface area contributed by atoms with E-state index in [2.05, 4.69) is 9.55 Å². The minimum Gasteiger partial charge on any atom is -0.318 e. The van der Waals surface area contributed by atoms with Gasteiger partial charge in [0.05, 0.1) is 11.0 Å². The zero-order valence-corrected chi connectivity index (χ0v) is 10.3. The summed E-state index contributed by atoms with van der Waals surface area (Å²) in [7, 11) is 1.45. The van der Waals surface area contributed by atoms with E-state index in [1.165, 1.54) is 13.5 Å². The van der Waals surface area contributed by atoms with Crippen molar-refractivity contribution in [2.24, 2.45) is 0 Å². The van der Waals surface area contributed by atoms with Crippen LogP contribution >= 0.6 is 0 Å². The molecule has 0 saturated heterocycles. The van der Waals surface area contributed by atoms with Gasteiger partial charge in [-0.15, -0.1) is 0 Å². The molecule has 3 rings (SSSR count). The van der Waals surface area contributed by atoms with Gasteiger partial charge in [0.2, 0.25) is 0 Å². The molecule has 1 heterocycles. The quantitative estimate of drug-likeness (QED) is 0.484. The van der Waals surface area contributed by atoms with Gasteiger partial charge in [-0.2, -0.15) is 0 Å². The first-order chi connectivity index (χ1) is 8.68. The highest BCUT2D eigenvalue weighted by atomic mass is 16.5. The van der Waals surface area contributed by atoms with E-state index >= 15 is 0 Å². The van der Waals surface area contributed by atoms with Crippen molar-refractivity contribution in [3.8, 4) is 0 Å². The Morgan fingerprint density at radius 2 is 2.17 bits per heavy atom. The fraction of sp³-hybridized carbons (Fsp3) is 0.385. The van der Waals surface area contributed by atoms with E-state index in [1.807, 2.05) is 24.3 Å². The van der Waals surface area contributed by atoms with Crippen molar-refractivity contribution in [1.29, 1.82) is 5.41 Å². The third-order valence-corrected chi connectivity index (χ3v) is 3.57. The van der Waals surface area contributed by atoms with E-state index in [-0.39, 0.29) is 5.84 Å². The molecule has 0 unspecified atom stereocenters. The van der Waals surface area contributed by atoms with Gasteiger partial charge in [0.1, 0.15) is 0 Å². The first-order valence-electron chi connectivity index (χ1n) is 6.17. The summed E-state index contributed by atoms with van der Waals surface area (Å²) in [5.74, 6) is 0.587. The van der Waals surface area contributed by atoms with Gasteiger partial charge in [0.25, 0.3) is 0 Å². The summed E-state index contributed by atoms with van der Waals surface area (Å²) in [4.78, 5) is 4.47. The second kappa shape index (κ2) is 4.10. The van der Waals surface area contributed by atoms with Crippen LogP contribution in [0.3, 0.4) is 0 Å². The van der Waals surface area contributed by atoms with Gasteiger partial charge in [0, 0.05) is 13.1 Å². The maximum absolute atomic E-state index is 9.45. The second-order valence-corrected chi connectivity index (χ2v) is 4.75. The van der Waals surface area contributed by atoms with Crippen molar-refractivity contribution in [1.82, 2.24) is 14.6 Å². The Kier molecular flexibility index (Phi) is 2.56. The van der Waals surface area contributed by atoms with Gasteiger partial charge in [-0.1, -0.05) is 12.1 Å². The molecule has 1 saturated carbocycles. The number of para-hydroxylation sites is 2. The number of hydrogen-bond acceptors (Lipinski definition) is 3. The van der Waals surface area contributed by atoms with E-state index in [0.29, 0.717) is 11.9 Å². The number of rotatable bonds is 2. The lowest BCUT2D eigenvalue weighted by atomic mass is 9.92. The molecule has 5 nitrogen and oxygen atoms in total. The van der Waals surface area contributed by atoms with Gasteiger partial charge < -0.3 is 4.57 Å². The van der Waals surface area contributed by atoms with Gasteiger partial charge >= 0.3 is 0 Å². The highest BCUT2D eigenvalue weighted by molar-refractivity contribution is 5.96. The summed E-state index contributed by atoms with van der Waals surface area (Å²) >= 11 is 0. The Labute approximate surface area is 105 Å². The standard InChI is InChI=1S/C13H16N4O/c1-16(18)12(14)13-15-10-7-2-3-8-11(10)17(13)9-5-4-6-9/h2-3,7-9,14,18H,4-6H2,1H3. The molecule has 1 aliphatic carbocycles. The van der Waals surface area contributed by atoms with Crippen LogP contribution in [0.15, 0.2) is 24.3 Å². The first-order valence-corrected chi connectivity index (χ1v) is 6.17. The molecule has 1 aliphatic rings. The lowest BCUT2D eigenvalue weighted by molar-refractivity contribution is 0.0124. The molecular weight excluding hydrogens is 228 g/mol. The Balaban J connectivity index is 2.19. The number of benzene rings is 1. The first kappa shape index (κ1) is 11.2. The van der Waals surface area contributed by atoms with Crippen molar-refractivity contribution in [3.63, 3.8) is 0 Å². The topological polar surface area (TPSA) is 65.1 Å². The molecule has 18 heavy (non-hydrogen) atoms. The zero-order chi connectivity index (χ0) is 12.7. The molecule has 0 spiro atoms. The molecule has 0 atom stereocenters. The summed E-state index contributed by atoms with van der Waals surface area (Å²) < 4.78 is 2.09. The molecule has 5 heteroatoms. The lowest BCUT2D eigenvalue weighted by Gasteiger charge is -2.29. The summed E-state index contributed by atoms with van der Waals surface area (Å²) in [5.41, 5.74) is 1.93. The van der Waals surface area contributed by atoms with Crippen LogP contribution in [-0.2, 0) is 0 Å². The number of imidazole rings is 1. The smallest absolute Gasteiger partial charge is 0.188 e. The predicted molar refractivity (Wildman–Crippen MR) is 69.0 cm³/mol. The van der Waals surface area contributed by atoms with Crippen molar-refractivity contribution in [2.75, 3.05) is 7.05 Å². The van der Waals surface area contributed by atoms with E-state index in [1.54, 1.807) is 0 Å². The Hall–Kier alpha value is -1.88. The Morgan fingerprint density at radius 3 is 2.78 bits per heavy atom. The average Bonchev–Trinajstić information content (AvgIpc) is 2.66. The summed E-state index contributed by atoms with van der Waals surface area (Å²) in [6.45, 7) is 0. The van der Waals surface area contributed by atoms with E-state index in [4.69, 9.17) is 5.41 Å². The molecule has 0 radical (unpaired) electrons. The van der Waals surface area contributed by atoms with E-state index < -0.39 is 0 Å². The van der Waals surface area contributed by atoms with Crippen LogP contribution in [0.2, 0.25) is 0 Å². The van der Waals surface area contributed by atoms with Crippen LogP contribution in [0.1, 0.15) is 31.1 Å². The zero-order valence-electron chi connectivity index (χ0n) is 10.3. The Morgan fingerprint density at radius 1 is 1.44 bits per heavy atom. The third-order valence-electron chi connectivity index (χ3n) is 3.57. The Bertz CT molecular complexity index is 598. The third kappa shape index (κ3) is 1.59. The molecule has 1 aromatic carbocycles. The summed E-state index contributed by atoms with van der Waals surface area (Å²) in [6, 6.07) is 8.30. The number of amidine groups is 1. The van der Waals surface area contributed by atoms with Gasteiger partial charge in [-0.05, 0) is 31.4 Å². The molecule has 0 amide bonds. The maximum Gasteiger partial charge on any atom is 0.188 e. The van der Waals surface area contributed by atoms with E-state index in [0.717, 1.165) is 28.9 Å². The van der Waals surface area contributed by atoms with Gasteiger partial charge in [0.15, 0.2) is 11.7 Å². The number of aromatic nitrogens is 2. The second-order valence-electron chi connectivity index (χ2n) is 4.75. The number of hydrogen-bond donors (Lipinski definition) is 2. The number of nitrogens with one attached hydrogen (secondary N) is 1. The summed E-state index contributed by atoms with van der Waals surface area (Å²) in [5, 5.41) is 18.2. The van der Waals surface area contributed by atoms with Crippen molar-refractivity contribution < 1.29 is 5.21 Å². The van der Waals surface area contributed by atoms with Gasteiger partial charge in [-0.25, -0.2) is 10.0 Å². The molecule has 0 aliphatic heterocycles. The highest BCUT2D eigenvalue weighted by Gasteiger charge is 2.26. The predicted octanol–water partition coefficient (Wildman–Crippen LogP) is 2.41. The van der Waals surface area contributed by atoms with Crippen LogP contribution in [-0.4, -0.2) is 32.7 Å². The monoisotopic (exact) mass is 244 g/mol. The molecular formula is C13H16N4O. The van der Waals surface area contributed by atoms with Crippen LogP contribution in [0.5, 0.6) is 0 Å². The molecule has 2 aromatic rings. The van der Waals surface area contributed by atoms with Crippen LogP contribution in [0, 0.1) is 5.41 Å². The van der Waals surface area contributed by atoms with Crippen molar-refractivity contribution in [3.05, 3.63) is 30.1 Å². The number of nitrogens with zero attached hydrogens (tertiary/aromatic N) is 3. The van der Waals surface area contributed by atoms with Crippen molar-refractivity contribution >= 4 is 16.9 Å². The normalized spacial score (nSPS) is 15.7. The average molecular weight is 244 g/mol. The number of fused-ring (bicyclic) bond motifs is 1. The van der Waals surface area contributed by atoms with Crippen LogP contribution < -0.4 is 0 Å². The highest BCUT2D eigenvalue weighted by Crippen LogP contribution is 2.35. The largest absolute Gasteiger partial charge is 0.318 e.